The first-order chi connectivity index (χ1) is 9.97. The molecule has 1 aliphatic heterocycles. The number of amides is 2. The molecule has 1 rings (SSSR count). The maximum atomic E-state index is 12.6. The van der Waals surface area contributed by atoms with Gasteiger partial charge in [0.05, 0.1) is 0 Å². The molecule has 0 aromatic heterocycles. The summed E-state index contributed by atoms with van der Waals surface area (Å²) in [6, 6.07) is -0.348. The lowest BCUT2D eigenvalue weighted by Crippen LogP contribution is -2.49. The Morgan fingerprint density at radius 2 is 1.76 bits per heavy atom. The average molecular weight is 296 g/mol. The molecule has 0 aromatic rings. The van der Waals surface area contributed by atoms with E-state index in [1.807, 2.05) is 25.7 Å². The van der Waals surface area contributed by atoms with Gasteiger partial charge in [-0.15, -0.1) is 0 Å². The summed E-state index contributed by atoms with van der Waals surface area (Å²) >= 11 is 0. The van der Waals surface area contributed by atoms with Crippen molar-refractivity contribution in [1.29, 1.82) is 0 Å². The van der Waals surface area contributed by atoms with Crippen LogP contribution in [-0.4, -0.2) is 35.3 Å². The van der Waals surface area contributed by atoms with Crippen molar-refractivity contribution in [1.82, 2.24) is 10.2 Å². The summed E-state index contributed by atoms with van der Waals surface area (Å²) in [5, 5.41) is 2.88. The maximum Gasteiger partial charge on any atom is 0.245 e. The lowest BCUT2D eigenvalue weighted by atomic mass is 10.0. The summed E-state index contributed by atoms with van der Waals surface area (Å²) in [5.74, 6) is 0.232. The molecule has 4 nitrogen and oxygen atoms in total. The molecule has 0 bridgehead atoms. The molecule has 0 saturated carbocycles. The molecule has 1 saturated heterocycles. The van der Waals surface area contributed by atoms with E-state index < -0.39 is 0 Å². The minimum atomic E-state index is -0.359. The van der Waals surface area contributed by atoms with Crippen LogP contribution in [0.5, 0.6) is 0 Å². The SMILES string of the molecule is CCCCCCCCN1C(=O)C(C(C)C)NC(=O)CC1C. The van der Waals surface area contributed by atoms with Gasteiger partial charge in [0.2, 0.25) is 11.8 Å². The topological polar surface area (TPSA) is 49.4 Å². The molecule has 0 aliphatic carbocycles. The first kappa shape index (κ1) is 18.0. The van der Waals surface area contributed by atoms with E-state index >= 15 is 0 Å². The van der Waals surface area contributed by atoms with Crippen LogP contribution in [0.2, 0.25) is 0 Å². The molecule has 0 radical (unpaired) electrons. The zero-order chi connectivity index (χ0) is 15.8. The predicted molar refractivity (Wildman–Crippen MR) is 85.9 cm³/mol. The quantitative estimate of drug-likeness (QED) is 0.700. The zero-order valence-electron chi connectivity index (χ0n) is 14.2. The van der Waals surface area contributed by atoms with E-state index in [2.05, 4.69) is 12.2 Å². The van der Waals surface area contributed by atoms with E-state index in [4.69, 9.17) is 0 Å². The number of hydrogen-bond donors (Lipinski definition) is 1. The van der Waals surface area contributed by atoms with Crippen LogP contribution in [0, 0.1) is 5.92 Å². The van der Waals surface area contributed by atoms with Crippen molar-refractivity contribution < 1.29 is 9.59 Å². The standard InChI is InChI=1S/C17H32N2O2/c1-5-6-7-8-9-10-11-19-14(4)12-15(20)18-16(13(2)3)17(19)21/h13-14,16H,5-12H2,1-4H3,(H,18,20). The highest BCUT2D eigenvalue weighted by Crippen LogP contribution is 2.17. The molecule has 2 atom stereocenters. The van der Waals surface area contributed by atoms with Crippen LogP contribution in [0.15, 0.2) is 0 Å². The Hall–Kier alpha value is -1.06. The number of hydrogen-bond acceptors (Lipinski definition) is 2. The lowest BCUT2D eigenvalue weighted by molar-refractivity contribution is -0.136. The van der Waals surface area contributed by atoms with Gasteiger partial charge in [-0.3, -0.25) is 9.59 Å². The number of rotatable bonds is 8. The van der Waals surface area contributed by atoms with Crippen molar-refractivity contribution in [2.45, 2.75) is 84.7 Å². The van der Waals surface area contributed by atoms with Gasteiger partial charge in [-0.05, 0) is 19.3 Å². The second-order valence-electron chi connectivity index (χ2n) is 6.64. The van der Waals surface area contributed by atoms with E-state index in [1.54, 1.807) is 0 Å². The molecule has 122 valence electrons. The fourth-order valence-electron chi connectivity index (χ4n) is 2.91. The molecule has 1 N–H and O–H groups in total. The Balaban J connectivity index is 2.52. The first-order valence-electron chi connectivity index (χ1n) is 8.57. The van der Waals surface area contributed by atoms with Crippen LogP contribution in [0.4, 0.5) is 0 Å². The van der Waals surface area contributed by atoms with E-state index in [9.17, 15) is 9.59 Å². The summed E-state index contributed by atoms with van der Waals surface area (Å²) < 4.78 is 0. The van der Waals surface area contributed by atoms with Crippen LogP contribution >= 0.6 is 0 Å². The third-order valence-corrected chi connectivity index (χ3v) is 4.30. The van der Waals surface area contributed by atoms with Gasteiger partial charge >= 0.3 is 0 Å². The van der Waals surface area contributed by atoms with Crippen molar-refractivity contribution in [3.8, 4) is 0 Å². The van der Waals surface area contributed by atoms with Crippen molar-refractivity contribution in [3.05, 3.63) is 0 Å². The number of carbonyl (C=O) groups excluding carboxylic acids is 2. The van der Waals surface area contributed by atoms with Gasteiger partial charge in [-0.2, -0.15) is 0 Å². The smallest absolute Gasteiger partial charge is 0.245 e. The summed E-state index contributed by atoms with van der Waals surface area (Å²) in [7, 11) is 0. The highest BCUT2D eigenvalue weighted by Gasteiger charge is 2.34. The third kappa shape index (κ3) is 5.68. The molecule has 21 heavy (non-hydrogen) atoms. The van der Waals surface area contributed by atoms with Gasteiger partial charge in [0.15, 0.2) is 0 Å². The molecule has 4 heteroatoms. The molecule has 1 heterocycles. The average Bonchev–Trinajstić information content (AvgIpc) is 2.52. The Morgan fingerprint density at radius 1 is 1.14 bits per heavy atom. The van der Waals surface area contributed by atoms with E-state index in [0.717, 1.165) is 13.0 Å². The molecule has 1 aliphatic rings. The van der Waals surface area contributed by atoms with Crippen molar-refractivity contribution in [2.75, 3.05) is 6.54 Å². The fraction of sp³-hybridized carbons (Fsp3) is 0.882. The molecule has 2 unspecified atom stereocenters. The summed E-state index contributed by atoms with van der Waals surface area (Å²) in [6.07, 6.45) is 7.72. The summed E-state index contributed by atoms with van der Waals surface area (Å²) in [6.45, 7) is 8.96. The number of carbonyl (C=O) groups is 2. The van der Waals surface area contributed by atoms with Crippen molar-refractivity contribution in [2.24, 2.45) is 5.92 Å². The summed E-state index contributed by atoms with van der Waals surface area (Å²) in [4.78, 5) is 26.4. The molecule has 0 spiro atoms. The van der Waals surface area contributed by atoms with Crippen LogP contribution in [0.3, 0.4) is 0 Å². The Morgan fingerprint density at radius 3 is 2.38 bits per heavy atom. The minimum absolute atomic E-state index is 0.00000389. The Bertz CT molecular complexity index is 342. The van der Waals surface area contributed by atoms with Gasteiger partial charge in [-0.1, -0.05) is 52.9 Å². The minimum Gasteiger partial charge on any atom is -0.344 e. The highest BCUT2D eigenvalue weighted by molar-refractivity contribution is 5.90. The van der Waals surface area contributed by atoms with Crippen molar-refractivity contribution >= 4 is 11.8 Å². The van der Waals surface area contributed by atoms with Gasteiger partial charge in [0.25, 0.3) is 0 Å². The number of unbranched alkanes of at least 4 members (excludes halogenated alkanes) is 5. The van der Waals surface area contributed by atoms with E-state index in [1.165, 1.54) is 32.1 Å². The van der Waals surface area contributed by atoms with Crippen LogP contribution < -0.4 is 5.32 Å². The van der Waals surface area contributed by atoms with Gasteiger partial charge in [-0.25, -0.2) is 0 Å². The first-order valence-corrected chi connectivity index (χ1v) is 8.57. The van der Waals surface area contributed by atoms with Crippen LogP contribution in [0.1, 0.15) is 72.6 Å². The zero-order valence-corrected chi connectivity index (χ0v) is 14.2. The molecule has 0 aromatic carbocycles. The normalized spacial score (nSPS) is 23.4. The van der Waals surface area contributed by atoms with Gasteiger partial charge in [0.1, 0.15) is 6.04 Å². The molecule has 1 fully saturated rings. The second-order valence-corrected chi connectivity index (χ2v) is 6.64. The fourth-order valence-corrected chi connectivity index (χ4v) is 2.91. The molecular weight excluding hydrogens is 264 g/mol. The van der Waals surface area contributed by atoms with Crippen LogP contribution in [-0.2, 0) is 9.59 Å². The molecule has 2 amide bonds. The third-order valence-electron chi connectivity index (χ3n) is 4.30. The number of nitrogens with zero attached hydrogens (tertiary/aromatic N) is 1. The largest absolute Gasteiger partial charge is 0.344 e. The number of nitrogens with one attached hydrogen (secondary N) is 1. The maximum absolute atomic E-state index is 12.6. The monoisotopic (exact) mass is 296 g/mol. The van der Waals surface area contributed by atoms with E-state index in [-0.39, 0.29) is 29.8 Å². The van der Waals surface area contributed by atoms with Crippen LogP contribution in [0.25, 0.3) is 0 Å². The predicted octanol–water partition coefficient (Wildman–Crippen LogP) is 3.11. The summed E-state index contributed by atoms with van der Waals surface area (Å²) in [5.41, 5.74) is 0. The molecular formula is C17H32N2O2. The second kappa shape index (κ2) is 9.06. The van der Waals surface area contributed by atoms with Gasteiger partial charge < -0.3 is 10.2 Å². The Labute approximate surface area is 129 Å². The van der Waals surface area contributed by atoms with Gasteiger partial charge in [0, 0.05) is 19.0 Å². The van der Waals surface area contributed by atoms with E-state index in [0.29, 0.717) is 6.42 Å². The van der Waals surface area contributed by atoms with Crippen molar-refractivity contribution in [3.63, 3.8) is 0 Å². The Kier molecular flexibility index (Phi) is 7.76. The lowest BCUT2D eigenvalue weighted by Gasteiger charge is -2.30. The highest BCUT2D eigenvalue weighted by atomic mass is 16.2.